The molecule has 0 aliphatic carbocycles. The zero-order valence-corrected chi connectivity index (χ0v) is 9.03. The predicted molar refractivity (Wildman–Crippen MR) is 59.2 cm³/mol. The minimum absolute atomic E-state index is 0.231. The Morgan fingerprint density at radius 1 is 1.57 bits per heavy atom. The second-order valence-electron chi connectivity index (χ2n) is 3.27. The molecular formula is C11H13ClFN. The molecule has 0 fully saturated rings. The van der Waals surface area contributed by atoms with Crippen molar-refractivity contribution in [2.24, 2.45) is 0 Å². The van der Waals surface area contributed by atoms with Gasteiger partial charge in [0.05, 0.1) is 0 Å². The monoisotopic (exact) mass is 213 g/mol. The number of rotatable bonds is 3. The van der Waals surface area contributed by atoms with Crippen LogP contribution in [0, 0.1) is 12.7 Å². The van der Waals surface area contributed by atoms with Gasteiger partial charge in [0.25, 0.3) is 0 Å². The summed E-state index contributed by atoms with van der Waals surface area (Å²) in [7, 11) is 0. The van der Waals surface area contributed by atoms with E-state index in [1.165, 1.54) is 17.7 Å². The van der Waals surface area contributed by atoms with Crippen molar-refractivity contribution in [1.82, 2.24) is 0 Å². The van der Waals surface area contributed by atoms with E-state index < -0.39 is 0 Å². The zero-order chi connectivity index (χ0) is 10.6. The number of aryl methyl sites for hydroxylation is 1. The molecule has 0 aliphatic rings. The summed E-state index contributed by atoms with van der Waals surface area (Å²) in [6.45, 7) is 4.48. The Labute approximate surface area is 88.6 Å². The molecule has 1 rings (SSSR count). The van der Waals surface area contributed by atoms with Gasteiger partial charge in [-0.2, -0.15) is 0 Å². The van der Waals surface area contributed by atoms with Crippen LogP contribution in [-0.4, -0.2) is 6.54 Å². The number of hydrogen-bond donors (Lipinski definition) is 1. The van der Waals surface area contributed by atoms with Gasteiger partial charge in [0, 0.05) is 17.8 Å². The minimum atomic E-state index is -0.231. The van der Waals surface area contributed by atoms with Crippen molar-refractivity contribution in [1.29, 1.82) is 0 Å². The molecular weight excluding hydrogens is 201 g/mol. The fourth-order valence-electron chi connectivity index (χ4n) is 1.06. The number of anilines is 1. The van der Waals surface area contributed by atoms with Gasteiger partial charge >= 0.3 is 0 Å². The highest BCUT2D eigenvalue weighted by atomic mass is 35.5. The number of halogens is 2. The highest BCUT2D eigenvalue weighted by Gasteiger charge is 1.99. The lowest BCUT2D eigenvalue weighted by Gasteiger charge is -2.09. The Bertz CT molecular complexity index is 347. The standard InChI is InChI=1S/C11H13ClFN/c1-8(6-12)7-14-11-5-10(13)4-3-9(11)2/h3-6,14H,7H2,1-2H3/b8-6-. The summed E-state index contributed by atoms with van der Waals surface area (Å²) in [5.74, 6) is -0.231. The molecule has 76 valence electrons. The molecule has 1 N–H and O–H groups in total. The molecule has 0 aromatic heterocycles. The third kappa shape index (κ3) is 3.04. The fourth-order valence-corrected chi connectivity index (χ4v) is 1.14. The second-order valence-corrected chi connectivity index (χ2v) is 3.49. The van der Waals surface area contributed by atoms with Gasteiger partial charge < -0.3 is 5.32 Å². The van der Waals surface area contributed by atoms with Gasteiger partial charge in [-0.25, -0.2) is 4.39 Å². The van der Waals surface area contributed by atoms with E-state index in [-0.39, 0.29) is 5.82 Å². The molecule has 0 saturated heterocycles. The van der Waals surface area contributed by atoms with Crippen molar-refractivity contribution in [2.45, 2.75) is 13.8 Å². The summed E-state index contributed by atoms with van der Waals surface area (Å²) in [5, 5.41) is 3.11. The Morgan fingerprint density at radius 3 is 2.93 bits per heavy atom. The van der Waals surface area contributed by atoms with E-state index in [1.807, 2.05) is 13.8 Å². The van der Waals surface area contributed by atoms with E-state index in [4.69, 9.17) is 11.6 Å². The van der Waals surface area contributed by atoms with Crippen molar-refractivity contribution in [2.75, 3.05) is 11.9 Å². The van der Waals surface area contributed by atoms with Crippen molar-refractivity contribution < 1.29 is 4.39 Å². The largest absolute Gasteiger partial charge is 0.381 e. The lowest BCUT2D eigenvalue weighted by Crippen LogP contribution is -2.04. The van der Waals surface area contributed by atoms with Crippen LogP contribution in [0.5, 0.6) is 0 Å². The topological polar surface area (TPSA) is 12.0 Å². The van der Waals surface area contributed by atoms with E-state index in [0.29, 0.717) is 6.54 Å². The predicted octanol–water partition coefficient (Wildman–Crippen LogP) is 3.69. The van der Waals surface area contributed by atoms with Crippen LogP contribution in [-0.2, 0) is 0 Å². The molecule has 0 atom stereocenters. The molecule has 0 saturated carbocycles. The summed E-state index contributed by atoms with van der Waals surface area (Å²) < 4.78 is 12.9. The molecule has 0 aliphatic heterocycles. The Kier molecular flexibility index (Phi) is 3.96. The molecule has 3 heteroatoms. The highest BCUT2D eigenvalue weighted by Crippen LogP contribution is 2.16. The van der Waals surface area contributed by atoms with Gasteiger partial charge in [-0.1, -0.05) is 17.7 Å². The van der Waals surface area contributed by atoms with Crippen molar-refractivity contribution in [3.63, 3.8) is 0 Å². The first-order valence-corrected chi connectivity index (χ1v) is 4.83. The van der Waals surface area contributed by atoms with E-state index in [2.05, 4.69) is 5.32 Å². The van der Waals surface area contributed by atoms with Crippen LogP contribution in [0.2, 0.25) is 0 Å². The van der Waals surface area contributed by atoms with E-state index in [1.54, 1.807) is 6.07 Å². The number of hydrogen-bond acceptors (Lipinski definition) is 1. The fraction of sp³-hybridized carbons (Fsp3) is 0.273. The van der Waals surface area contributed by atoms with Crippen LogP contribution in [0.1, 0.15) is 12.5 Å². The number of nitrogens with one attached hydrogen (secondary N) is 1. The normalized spacial score (nSPS) is 11.6. The SMILES string of the molecule is C/C(=C/Cl)CNc1cc(F)ccc1C. The Hall–Kier alpha value is -1.02. The van der Waals surface area contributed by atoms with E-state index >= 15 is 0 Å². The van der Waals surface area contributed by atoms with Gasteiger partial charge in [-0.15, -0.1) is 0 Å². The lowest BCUT2D eigenvalue weighted by molar-refractivity contribution is 0.628. The highest BCUT2D eigenvalue weighted by molar-refractivity contribution is 6.25. The molecule has 1 aromatic rings. The zero-order valence-electron chi connectivity index (χ0n) is 8.27. The van der Waals surface area contributed by atoms with Crippen molar-refractivity contribution >= 4 is 17.3 Å². The molecule has 1 nitrogen and oxygen atoms in total. The van der Waals surface area contributed by atoms with Gasteiger partial charge in [0.2, 0.25) is 0 Å². The first-order valence-electron chi connectivity index (χ1n) is 4.39. The quantitative estimate of drug-likeness (QED) is 0.808. The van der Waals surface area contributed by atoms with Gasteiger partial charge in [0.15, 0.2) is 0 Å². The summed E-state index contributed by atoms with van der Waals surface area (Å²) in [4.78, 5) is 0. The summed E-state index contributed by atoms with van der Waals surface area (Å²) in [6, 6.07) is 4.68. The molecule has 0 amide bonds. The molecule has 0 spiro atoms. The first kappa shape index (κ1) is 11.1. The molecule has 0 heterocycles. The van der Waals surface area contributed by atoms with Crippen LogP contribution in [0.15, 0.2) is 29.3 Å². The summed E-state index contributed by atoms with van der Waals surface area (Å²) in [6.07, 6.45) is 0. The molecule has 0 bridgehead atoms. The lowest BCUT2D eigenvalue weighted by atomic mass is 10.2. The van der Waals surface area contributed by atoms with Crippen molar-refractivity contribution in [3.8, 4) is 0 Å². The Morgan fingerprint density at radius 2 is 2.29 bits per heavy atom. The third-order valence-corrected chi connectivity index (χ3v) is 2.32. The van der Waals surface area contributed by atoms with E-state index in [0.717, 1.165) is 16.8 Å². The third-order valence-electron chi connectivity index (χ3n) is 1.94. The average molecular weight is 214 g/mol. The van der Waals surface area contributed by atoms with Crippen LogP contribution in [0.4, 0.5) is 10.1 Å². The van der Waals surface area contributed by atoms with Crippen LogP contribution in [0.3, 0.4) is 0 Å². The number of benzene rings is 1. The van der Waals surface area contributed by atoms with Crippen molar-refractivity contribution in [3.05, 3.63) is 40.7 Å². The smallest absolute Gasteiger partial charge is 0.125 e. The van der Waals surface area contributed by atoms with Gasteiger partial charge in [0.1, 0.15) is 5.82 Å². The minimum Gasteiger partial charge on any atom is -0.381 e. The molecule has 0 unspecified atom stereocenters. The maximum atomic E-state index is 12.9. The van der Waals surface area contributed by atoms with Crippen LogP contribution >= 0.6 is 11.6 Å². The summed E-state index contributed by atoms with van der Waals surface area (Å²) in [5.41, 5.74) is 4.36. The maximum Gasteiger partial charge on any atom is 0.125 e. The molecule has 14 heavy (non-hydrogen) atoms. The van der Waals surface area contributed by atoms with Gasteiger partial charge in [-0.05, 0) is 37.1 Å². The van der Waals surface area contributed by atoms with Gasteiger partial charge in [-0.3, -0.25) is 0 Å². The molecule has 1 aromatic carbocycles. The average Bonchev–Trinajstić information content (AvgIpc) is 2.19. The summed E-state index contributed by atoms with van der Waals surface area (Å²) >= 11 is 5.51. The maximum absolute atomic E-state index is 12.9. The Balaban J connectivity index is 2.71. The van der Waals surface area contributed by atoms with Crippen LogP contribution < -0.4 is 5.32 Å². The molecule has 0 radical (unpaired) electrons. The van der Waals surface area contributed by atoms with E-state index in [9.17, 15) is 4.39 Å². The second kappa shape index (κ2) is 5.01. The first-order chi connectivity index (χ1) is 6.63. The van der Waals surface area contributed by atoms with Crippen LogP contribution in [0.25, 0.3) is 0 Å².